The molecule has 0 aliphatic heterocycles. The number of amides is 1. The number of carbonyl (C=O) groups excluding carboxylic acids is 2. The van der Waals surface area contributed by atoms with Gasteiger partial charge in [0.25, 0.3) is 11.6 Å². The highest BCUT2D eigenvalue weighted by molar-refractivity contribution is 6.34. The summed E-state index contributed by atoms with van der Waals surface area (Å²) in [4.78, 5) is 34.6. The minimum absolute atomic E-state index is 0.0128. The van der Waals surface area contributed by atoms with Crippen LogP contribution in [-0.2, 0) is 14.9 Å². The third-order valence-corrected chi connectivity index (χ3v) is 4.37. The highest BCUT2D eigenvalue weighted by Crippen LogP contribution is 2.27. The Morgan fingerprint density at radius 1 is 1.14 bits per heavy atom. The van der Waals surface area contributed by atoms with Crippen molar-refractivity contribution in [2.75, 3.05) is 5.32 Å². The van der Waals surface area contributed by atoms with E-state index in [1.807, 2.05) is 12.1 Å². The van der Waals surface area contributed by atoms with Crippen LogP contribution in [0.5, 0.6) is 0 Å². The summed E-state index contributed by atoms with van der Waals surface area (Å²) in [5.74, 6) is -1.23. The average molecular weight is 405 g/mol. The van der Waals surface area contributed by atoms with Crippen LogP contribution in [0.3, 0.4) is 0 Å². The lowest BCUT2D eigenvalue weighted by atomic mass is 9.87. The molecule has 28 heavy (non-hydrogen) atoms. The molecule has 0 saturated carbocycles. The largest absolute Gasteiger partial charge is 0.449 e. The minimum Gasteiger partial charge on any atom is -0.449 e. The second-order valence-electron chi connectivity index (χ2n) is 7.29. The van der Waals surface area contributed by atoms with Crippen LogP contribution in [0, 0.1) is 10.1 Å². The first-order valence-corrected chi connectivity index (χ1v) is 8.93. The van der Waals surface area contributed by atoms with Crippen molar-refractivity contribution in [3.63, 3.8) is 0 Å². The molecule has 148 valence electrons. The van der Waals surface area contributed by atoms with Gasteiger partial charge in [0.15, 0.2) is 6.10 Å². The summed E-state index contributed by atoms with van der Waals surface area (Å²) in [6.45, 7) is 7.62. The first-order chi connectivity index (χ1) is 13.0. The number of nitro benzene ring substituents is 1. The molecule has 0 aliphatic rings. The third kappa shape index (κ3) is 5.29. The average Bonchev–Trinajstić information content (AvgIpc) is 2.62. The fourth-order valence-corrected chi connectivity index (χ4v) is 2.56. The Labute approximate surface area is 167 Å². The Morgan fingerprint density at radius 2 is 1.75 bits per heavy atom. The third-order valence-electron chi connectivity index (χ3n) is 4.06. The molecule has 1 N–H and O–H groups in total. The number of hydrogen-bond acceptors (Lipinski definition) is 5. The summed E-state index contributed by atoms with van der Waals surface area (Å²) in [6, 6.07) is 10.7. The van der Waals surface area contributed by atoms with E-state index in [1.165, 1.54) is 19.1 Å². The van der Waals surface area contributed by atoms with Crippen LogP contribution >= 0.6 is 11.6 Å². The molecular weight excluding hydrogens is 384 g/mol. The number of nitrogens with zero attached hydrogens (tertiary/aromatic N) is 1. The Bertz CT molecular complexity index is 904. The Kier molecular flexibility index (Phi) is 6.41. The van der Waals surface area contributed by atoms with Gasteiger partial charge in [0.2, 0.25) is 0 Å². The number of hydrogen-bond donors (Lipinski definition) is 1. The fourth-order valence-electron chi connectivity index (χ4n) is 2.34. The van der Waals surface area contributed by atoms with E-state index < -0.39 is 22.9 Å². The molecule has 1 amide bonds. The number of nitrogens with one attached hydrogen (secondary N) is 1. The number of carbonyl (C=O) groups is 2. The predicted molar refractivity (Wildman–Crippen MR) is 107 cm³/mol. The van der Waals surface area contributed by atoms with Gasteiger partial charge < -0.3 is 10.1 Å². The highest BCUT2D eigenvalue weighted by Gasteiger charge is 2.21. The van der Waals surface area contributed by atoms with E-state index in [0.717, 1.165) is 11.6 Å². The number of benzene rings is 2. The van der Waals surface area contributed by atoms with Crippen LogP contribution < -0.4 is 5.32 Å². The summed E-state index contributed by atoms with van der Waals surface area (Å²) < 4.78 is 5.20. The Hall–Kier alpha value is -2.93. The van der Waals surface area contributed by atoms with E-state index in [-0.39, 0.29) is 21.8 Å². The van der Waals surface area contributed by atoms with Crippen LogP contribution in [0.15, 0.2) is 42.5 Å². The summed E-state index contributed by atoms with van der Waals surface area (Å²) in [6.07, 6.45) is -1.08. The van der Waals surface area contributed by atoms with Crippen molar-refractivity contribution in [2.24, 2.45) is 0 Å². The number of non-ortho nitro benzene ring substituents is 1. The maximum absolute atomic E-state index is 12.3. The van der Waals surface area contributed by atoms with E-state index in [0.29, 0.717) is 5.56 Å². The Morgan fingerprint density at radius 3 is 2.25 bits per heavy atom. The first kappa shape index (κ1) is 21.4. The molecule has 2 aromatic rings. The molecular formula is C20H21ClN2O5. The van der Waals surface area contributed by atoms with Gasteiger partial charge in [-0.1, -0.05) is 44.5 Å². The standard InChI is InChI=1S/C20H21ClN2O5/c1-12(18(24)22-17-10-9-15(23(26)27)11-16(17)21)28-19(25)13-5-7-14(8-6-13)20(2,3)4/h5-12H,1-4H3,(H,22,24). The van der Waals surface area contributed by atoms with E-state index in [4.69, 9.17) is 16.3 Å². The number of halogens is 1. The van der Waals surface area contributed by atoms with Gasteiger partial charge in [-0.25, -0.2) is 4.79 Å². The second-order valence-corrected chi connectivity index (χ2v) is 7.69. The van der Waals surface area contributed by atoms with Gasteiger partial charge in [-0.15, -0.1) is 0 Å². The lowest BCUT2D eigenvalue weighted by molar-refractivity contribution is -0.384. The number of anilines is 1. The van der Waals surface area contributed by atoms with E-state index in [2.05, 4.69) is 26.1 Å². The van der Waals surface area contributed by atoms with Gasteiger partial charge in [0.05, 0.1) is 21.2 Å². The molecule has 0 spiro atoms. The summed E-state index contributed by atoms with van der Waals surface area (Å²) in [5.41, 5.74) is 1.36. The number of esters is 1. The molecule has 0 aromatic heterocycles. The molecule has 0 saturated heterocycles. The van der Waals surface area contributed by atoms with Gasteiger partial charge >= 0.3 is 5.97 Å². The van der Waals surface area contributed by atoms with Crippen LogP contribution in [0.1, 0.15) is 43.6 Å². The molecule has 2 rings (SSSR count). The van der Waals surface area contributed by atoms with Gasteiger partial charge in [0, 0.05) is 12.1 Å². The number of nitro groups is 1. The quantitative estimate of drug-likeness (QED) is 0.441. The zero-order chi connectivity index (χ0) is 21.1. The topological polar surface area (TPSA) is 98.5 Å². The molecule has 0 aliphatic carbocycles. The van der Waals surface area contributed by atoms with Crippen molar-refractivity contribution in [2.45, 2.75) is 39.2 Å². The van der Waals surface area contributed by atoms with E-state index >= 15 is 0 Å². The van der Waals surface area contributed by atoms with Crippen LogP contribution in [-0.4, -0.2) is 22.9 Å². The van der Waals surface area contributed by atoms with Crippen molar-refractivity contribution in [3.8, 4) is 0 Å². The lowest BCUT2D eigenvalue weighted by Crippen LogP contribution is -2.30. The molecule has 1 unspecified atom stereocenters. The molecule has 1 atom stereocenters. The molecule has 7 nitrogen and oxygen atoms in total. The normalized spacial score (nSPS) is 12.2. The van der Waals surface area contributed by atoms with Crippen molar-refractivity contribution >= 4 is 34.9 Å². The first-order valence-electron chi connectivity index (χ1n) is 8.55. The summed E-state index contributed by atoms with van der Waals surface area (Å²) >= 11 is 5.95. The molecule has 0 fully saturated rings. The van der Waals surface area contributed by atoms with Crippen LogP contribution in [0.2, 0.25) is 5.02 Å². The van der Waals surface area contributed by atoms with Gasteiger partial charge in [0.1, 0.15) is 0 Å². The molecule has 2 aromatic carbocycles. The monoisotopic (exact) mass is 404 g/mol. The highest BCUT2D eigenvalue weighted by atomic mass is 35.5. The van der Waals surface area contributed by atoms with Crippen molar-refractivity contribution < 1.29 is 19.2 Å². The van der Waals surface area contributed by atoms with Gasteiger partial charge in [-0.3, -0.25) is 14.9 Å². The van der Waals surface area contributed by atoms with Gasteiger partial charge in [-0.05, 0) is 36.1 Å². The Balaban J connectivity index is 2.02. The molecule has 0 bridgehead atoms. The van der Waals surface area contributed by atoms with Gasteiger partial charge in [-0.2, -0.15) is 0 Å². The predicted octanol–water partition coefficient (Wildman–Crippen LogP) is 4.73. The van der Waals surface area contributed by atoms with Crippen molar-refractivity contribution in [1.82, 2.24) is 0 Å². The molecule has 0 radical (unpaired) electrons. The van der Waals surface area contributed by atoms with Crippen molar-refractivity contribution in [3.05, 3.63) is 68.7 Å². The molecule has 8 heteroatoms. The molecule has 0 heterocycles. The lowest BCUT2D eigenvalue weighted by Gasteiger charge is -2.19. The fraction of sp³-hybridized carbons (Fsp3) is 0.300. The smallest absolute Gasteiger partial charge is 0.338 e. The van der Waals surface area contributed by atoms with Crippen LogP contribution in [0.25, 0.3) is 0 Å². The second kappa shape index (κ2) is 8.39. The van der Waals surface area contributed by atoms with Crippen LogP contribution in [0.4, 0.5) is 11.4 Å². The SMILES string of the molecule is CC(OC(=O)c1ccc(C(C)(C)C)cc1)C(=O)Nc1ccc([N+](=O)[O-])cc1Cl. The summed E-state index contributed by atoms with van der Waals surface area (Å²) in [7, 11) is 0. The van der Waals surface area contributed by atoms with E-state index in [9.17, 15) is 19.7 Å². The number of ether oxygens (including phenoxy) is 1. The maximum atomic E-state index is 12.3. The summed E-state index contributed by atoms with van der Waals surface area (Å²) in [5, 5.41) is 13.2. The zero-order valence-electron chi connectivity index (χ0n) is 16.0. The zero-order valence-corrected chi connectivity index (χ0v) is 16.7. The number of rotatable bonds is 5. The minimum atomic E-state index is -1.08. The maximum Gasteiger partial charge on any atom is 0.338 e. The van der Waals surface area contributed by atoms with E-state index in [1.54, 1.807) is 12.1 Å². The van der Waals surface area contributed by atoms with Crippen molar-refractivity contribution in [1.29, 1.82) is 0 Å².